The third kappa shape index (κ3) is 6.08. The van der Waals surface area contributed by atoms with Crippen molar-refractivity contribution in [2.75, 3.05) is 35.4 Å². The Morgan fingerprint density at radius 1 is 1.24 bits per heavy atom. The van der Waals surface area contributed by atoms with E-state index in [0.29, 0.717) is 18.7 Å². The van der Waals surface area contributed by atoms with E-state index in [2.05, 4.69) is 12.2 Å². The molecule has 1 rings (SSSR count). The molecule has 1 aromatic carbocycles. The molecule has 2 amide bonds. The second kappa shape index (κ2) is 9.28. The van der Waals surface area contributed by atoms with Crippen LogP contribution in [0.4, 0.5) is 16.2 Å². The summed E-state index contributed by atoms with van der Waals surface area (Å²) in [5.74, 6) is 1.84. The molecular formula is C15H22N2O3S. The number of anilines is 2. The molecule has 1 N–H and O–H groups in total. The van der Waals surface area contributed by atoms with E-state index in [-0.39, 0.29) is 5.91 Å². The quantitative estimate of drug-likeness (QED) is 0.785. The minimum Gasteiger partial charge on any atom is -0.449 e. The topological polar surface area (TPSA) is 58.6 Å². The van der Waals surface area contributed by atoms with Crippen molar-refractivity contribution in [2.24, 2.45) is 0 Å². The Bertz CT molecular complexity index is 462. The smallest absolute Gasteiger partial charge is 0.413 e. The lowest BCUT2D eigenvalue weighted by molar-refractivity contribution is -0.115. The van der Waals surface area contributed by atoms with Crippen molar-refractivity contribution in [2.45, 2.75) is 20.3 Å². The van der Waals surface area contributed by atoms with Crippen molar-refractivity contribution in [3.8, 4) is 0 Å². The number of amides is 2. The lowest BCUT2D eigenvalue weighted by atomic mass is 10.2. The van der Waals surface area contributed by atoms with Crippen LogP contribution in [0.15, 0.2) is 24.3 Å². The van der Waals surface area contributed by atoms with E-state index < -0.39 is 6.09 Å². The van der Waals surface area contributed by atoms with E-state index in [0.717, 1.165) is 17.2 Å². The van der Waals surface area contributed by atoms with Crippen molar-refractivity contribution in [3.63, 3.8) is 0 Å². The van der Waals surface area contributed by atoms with Gasteiger partial charge in [-0.2, -0.15) is 11.8 Å². The summed E-state index contributed by atoms with van der Waals surface area (Å²) >= 11 is 1.74. The van der Waals surface area contributed by atoms with Gasteiger partial charge in [-0.05, 0) is 36.9 Å². The molecule has 0 unspecified atom stereocenters. The second-order valence-electron chi connectivity index (χ2n) is 4.30. The van der Waals surface area contributed by atoms with Gasteiger partial charge in [-0.15, -0.1) is 0 Å². The van der Waals surface area contributed by atoms with E-state index in [4.69, 9.17) is 4.74 Å². The molecular weight excluding hydrogens is 288 g/mol. The highest BCUT2D eigenvalue weighted by Gasteiger charge is 2.11. The van der Waals surface area contributed by atoms with Crippen LogP contribution < -0.4 is 10.2 Å². The van der Waals surface area contributed by atoms with Crippen LogP contribution >= 0.6 is 11.8 Å². The van der Waals surface area contributed by atoms with Gasteiger partial charge < -0.3 is 10.1 Å². The molecule has 0 radical (unpaired) electrons. The minimum absolute atomic E-state index is 0.00227. The number of thioether (sulfide) groups is 1. The van der Waals surface area contributed by atoms with Crippen molar-refractivity contribution >= 4 is 35.1 Å². The predicted octanol–water partition coefficient (Wildman–Crippen LogP) is 3.36. The minimum atomic E-state index is -0.397. The fourth-order valence-corrected chi connectivity index (χ4v) is 2.25. The van der Waals surface area contributed by atoms with Crippen molar-refractivity contribution < 1.29 is 14.3 Å². The van der Waals surface area contributed by atoms with Gasteiger partial charge in [-0.1, -0.05) is 6.92 Å². The van der Waals surface area contributed by atoms with Gasteiger partial charge in [0.15, 0.2) is 0 Å². The van der Waals surface area contributed by atoms with Gasteiger partial charge in [0.2, 0.25) is 5.91 Å². The zero-order chi connectivity index (χ0) is 15.7. The maximum Gasteiger partial charge on any atom is 0.413 e. The monoisotopic (exact) mass is 310 g/mol. The molecule has 21 heavy (non-hydrogen) atoms. The zero-order valence-corrected chi connectivity index (χ0v) is 13.5. The number of hydrogen-bond donors (Lipinski definition) is 1. The predicted molar refractivity (Wildman–Crippen MR) is 88.1 cm³/mol. The molecule has 1 aromatic rings. The summed E-state index contributed by atoms with van der Waals surface area (Å²) in [4.78, 5) is 24.7. The molecule has 0 atom stereocenters. The summed E-state index contributed by atoms with van der Waals surface area (Å²) in [6.45, 7) is 4.18. The third-order valence-corrected chi connectivity index (χ3v) is 3.66. The van der Waals surface area contributed by atoms with Crippen LogP contribution in [0.25, 0.3) is 0 Å². The molecule has 5 nitrogen and oxygen atoms in total. The summed E-state index contributed by atoms with van der Waals surface area (Å²) < 4.78 is 4.92. The maximum absolute atomic E-state index is 11.7. The SMILES string of the molecule is CCOC(=O)N(C)c1ccc(NC(=O)CCSCC)cc1. The molecule has 0 aliphatic heterocycles. The van der Waals surface area contributed by atoms with Crippen LogP contribution in [0.3, 0.4) is 0 Å². The molecule has 0 aliphatic rings. The van der Waals surface area contributed by atoms with Crippen LogP contribution in [0.2, 0.25) is 0 Å². The number of benzene rings is 1. The van der Waals surface area contributed by atoms with Gasteiger partial charge in [0, 0.05) is 30.6 Å². The molecule has 6 heteroatoms. The van der Waals surface area contributed by atoms with Crippen LogP contribution in [-0.4, -0.2) is 37.2 Å². The number of carbonyl (C=O) groups excluding carboxylic acids is 2. The first-order valence-electron chi connectivity index (χ1n) is 6.96. The van der Waals surface area contributed by atoms with E-state index in [1.54, 1.807) is 50.0 Å². The van der Waals surface area contributed by atoms with Crippen LogP contribution in [-0.2, 0) is 9.53 Å². The zero-order valence-electron chi connectivity index (χ0n) is 12.7. The van der Waals surface area contributed by atoms with Crippen molar-refractivity contribution in [3.05, 3.63) is 24.3 Å². The summed E-state index contributed by atoms with van der Waals surface area (Å²) in [6.07, 6.45) is 0.106. The van der Waals surface area contributed by atoms with Crippen LogP contribution in [0.5, 0.6) is 0 Å². The van der Waals surface area contributed by atoms with E-state index in [1.165, 1.54) is 4.90 Å². The lowest BCUT2D eigenvalue weighted by Crippen LogP contribution is -2.26. The first-order valence-corrected chi connectivity index (χ1v) is 8.12. The summed E-state index contributed by atoms with van der Waals surface area (Å²) in [5.41, 5.74) is 1.44. The van der Waals surface area contributed by atoms with Gasteiger partial charge in [0.25, 0.3) is 0 Å². The average Bonchev–Trinajstić information content (AvgIpc) is 2.48. The van der Waals surface area contributed by atoms with E-state index in [9.17, 15) is 9.59 Å². The molecule has 0 fully saturated rings. The summed E-state index contributed by atoms with van der Waals surface area (Å²) in [7, 11) is 1.65. The molecule has 0 aliphatic carbocycles. The molecule has 0 saturated heterocycles. The highest BCUT2D eigenvalue weighted by atomic mass is 32.2. The second-order valence-corrected chi connectivity index (χ2v) is 5.69. The first-order chi connectivity index (χ1) is 10.1. The molecule has 116 valence electrons. The Labute approximate surface area is 130 Å². The fourth-order valence-electron chi connectivity index (χ4n) is 1.63. The van der Waals surface area contributed by atoms with E-state index in [1.807, 2.05) is 0 Å². The largest absolute Gasteiger partial charge is 0.449 e. The first kappa shape index (κ1) is 17.4. The molecule has 0 heterocycles. The molecule has 0 spiro atoms. The number of ether oxygens (including phenoxy) is 1. The van der Waals surface area contributed by atoms with E-state index >= 15 is 0 Å². The molecule has 0 bridgehead atoms. The van der Waals surface area contributed by atoms with Crippen molar-refractivity contribution in [1.29, 1.82) is 0 Å². The van der Waals surface area contributed by atoms with Gasteiger partial charge in [-0.3, -0.25) is 9.69 Å². The molecule has 0 saturated carbocycles. The van der Waals surface area contributed by atoms with Gasteiger partial charge in [0.05, 0.1) is 6.61 Å². The average molecular weight is 310 g/mol. The Balaban J connectivity index is 2.53. The number of nitrogens with one attached hydrogen (secondary N) is 1. The summed E-state index contributed by atoms with van der Waals surface area (Å²) in [5, 5.41) is 2.83. The third-order valence-electron chi connectivity index (χ3n) is 2.76. The van der Waals surface area contributed by atoms with Gasteiger partial charge in [-0.25, -0.2) is 4.79 Å². The normalized spacial score (nSPS) is 10.0. The maximum atomic E-state index is 11.7. The Morgan fingerprint density at radius 2 is 1.90 bits per heavy atom. The van der Waals surface area contributed by atoms with Crippen LogP contribution in [0.1, 0.15) is 20.3 Å². The Morgan fingerprint density at radius 3 is 2.48 bits per heavy atom. The molecule has 0 aromatic heterocycles. The number of carbonyl (C=O) groups is 2. The number of nitrogens with zero attached hydrogens (tertiary/aromatic N) is 1. The number of hydrogen-bond acceptors (Lipinski definition) is 4. The Hall–Kier alpha value is -1.69. The standard InChI is InChI=1S/C15H22N2O3S/c1-4-20-15(19)17(3)13-8-6-12(7-9-13)16-14(18)10-11-21-5-2/h6-9H,4-5,10-11H2,1-3H3,(H,16,18). The number of rotatable bonds is 7. The highest BCUT2D eigenvalue weighted by molar-refractivity contribution is 7.99. The lowest BCUT2D eigenvalue weighted by Gasteiger charge is -2.16. The highest BCUT2D eigenvalue weighted by Crippen LogP contribution is 2.18. The summed E-state index contributed by atoms with van der Waals surface area (Å²) in [6, 6.07) is 7.09. The van der Waals surface area contributed by atoms with Crippen molar-refractivity contribution in [1.82, 2.24) is 0 Å². The Kier molecular flexibility index (Phi) is 7.68. The van der Waals surface area contributed by atoms with Gasteiger partial charge >= 0.3 is 6.09 Å². The van der Waals surface area contributed by atoms with Crippen LogP contribution in [0, 0.1) is 0 Å². The van der Waals surface area contributed by atoms with Gasteiger partial charge in [0.1, 0.15) is 0 Å². The fraction of sp³-hybridized carbons (Fsp3) is 0.467.